The van der Waals surface area contributed by atoms with Gasteiger partial charge in [0.15, 0.2) is 0 Å². The van der Waals surface area contributed by atoms with E-state index in [4.69, 9.17) is 33.2 Å². The third-order valence-corrected chi connectivity index (χ3v) is 7.12. The highest BCUT2D eigenvalue weighted by Gasteiger charge is 2.33. The largest absolute Gasteiger partial charge is 0.494 e. The number of esters is 3. The monoisotopic (exact) mass is 646 g/mol. The van der Waals surface area contributed by atoms with Crippen molar-refractivity contribution >= 4 is 17.9 Å². The quantitative estimate of drug-likeness (QED) is 0.0609. The van der Waals surface area contributed by atoms with Crippen molar-refractivity contribution < 1.29 is 47.5 Å². The molecule has 0 radical (unpaired) electrons. The second kappa shape index (κ2) is 17.9. The number of benzene rings is 3. The number of unbranched alkanes of at least 4 members (excludes halogenated alkanes) is 2. The fourth-order valence-electron chi connectivity index (χ4n) is 4.31. The van der Waals surface area contributed by atoms with Crippen LogP contribution >= 0.6 is 0 Å². The number of carbonyl (C=O) groups excluding carboxylic acids is 3. The van der Waals surface area contributed by atoms with Crippen LogP contribution < -0.4 is 18.9 Å². The summed E-state index contributed by atoms with van der Waals surface area (Å²) in [7, 11) is 0. The summed E-state index contributed by atoms with van der Waals surface area (Å²) in [6, 6.07) is 19.6. The van der Waals surface area contributed by atoms with Crippen LogP contribution in [0.4, 0.5) is 0 Å². The summed E-state index contributed by atoms with van der Waals surface area (Å²) in [5, 5.41) is 0. The van der Waals surface area contributed by atoms with Crippen molar-refractivity contribution in [1.82, 2.24) is 0 Å². The van der Waals surface area contributed by atoms with E-state index in [1.54, 1.807) is 79.7 Å². The van der Waals surface area contributed by atoms with Crippen molar-refractivity contribution in [3.05, 3.63) is 96.1 Å². The van der Waals surface area contributed by atoms with Gasteiger partial charge in [-0.1, -0.05) is 13.5 Å². The lowest BCUT2D eigenvalue weighted by Crippen LogP contribution is -2.43. The van der Waals surface area contributed by atoms with Crippen LogP contribution in [0, 0.1) is 5.41 Å². The smallest absolute Gasteiger partial charge is 0.343 e. The normalized spacial score (nSPS) is 13.1. The maximum atomic E-state index is 12.6. The van der Waals surface area contributed by atoms with Crippen LogP contribution in [0.1, 0.15) is 60.2 Å². The van der Waals surface area contributed by atoms with Gasteiger partial charge < -0.3 is 33.2 Å². The lowest BCUT2D eigenvalue weighted by molar-refractivity contribution is -0.139. The molecule has 0 N–H and O–H groups in total. The van der Waals surface area contributed by atoms with Gasteiger partial charge in [0, 0.05) is 17.6 Å². The number of hydrogen-bond acceptors (Lipinski definition) is 10. The Bertz CT molecular complexity index is 1460. The van der Waals surface area contributed by atoms with E-state index in [0.717, 1.165) is 32.7 Å². The van der Waals surface area contributed by atoms with Crippen molar-refractivity contribution in [3.63, 3.8) is 0 Å². The zero-order valence-corrected chi connectivity index (χ0v) is 27.0. The highest BCUT2D eigenvalue weighted by Crippen LogP contribution is 2.26. The van der Waals surface area contributed by atoms with Gasteiger partial charge >= 0.3 is 17.9 Å². The highest BCUT2D eigenvalue weighted by molar-refractivity contribution is 5.92. The van der Waals surface area contributed by atoms with E-state index in [-0.39, 0.29) is 5.41 Å². The van der Waals surface area contributed by atoms with Crippen LogP contribution in [-0.4, -0.2) is 64.2 Å². The molecule has 0 aromatic heterocycles. The minimum absolute atomic E-state index is 0.165. The molecule has 10 heteroatoms. The highest BCUT2D eigenvalue weighted by atomic mass is 16.5. The molecule has 10 nitrogen and oxygen atoms in total. The number of rotatable bonds is 19. The first kappa shape index (κ1) is 35.2. The predicted octanol–water partition coefficient (Wildman–Crippen LogP) is 6.62. The predicted molar refractivity (Wildman–Crippen MR) is 174 cm³/mol. The average molecular weight is 647 g/mol. The zero-order chi connectivity index (χ0) is 33.5. The molecular formula is C37H42O10. The summed E-state index contributed by atoms with van der Waals surface area (Å²) in [4.78, 5) is 36.6. The maximum absolute atomic E-state index is 12.6. The van der Waals surface area contributed by atoms with E-state index >= 15 is 0 Å². The van der Waals surface area contributed by atoms with E-state index < -0.39 is 17.9 Å². The summed E-state index contributed by atoms with van der Waals surface area (Å²) >= 11 is 0. The molecule has 1 heterocycles. The van der Waals surface area contributed by atoms with Crippen LogP contribution in [0.3, 0.4) is 0 Å². The van der Waals surface area contributed by atoms with Gasteiger partial charge in [0.05, 0.1) is 50.8 Å². The maximum Gasteiger partial charge on any atom is 0.343 e. The van der Waals surface area contributed by atoms with Gasteiger partial charge in [0.25, 0.3) is 0 Å². The topological polar surface area (TPSA) is 116 Å². The van der Waals surface area contributed by atoms with E-state index in [0.29, 0.717) is 79.0 Å². The van der Waals surface area contributed by atoms with Gasteiger partial charge in [-0.3, -0.25) is 0 Å². The van der Waals surface area contributed by atoms with Crippen molar-refractivity contribution in [1.29, 1.82) is 0 Å². The molecule has 4 rings (SSSR count). The standard InChI is InChI=1S/C37H42O10/c1-27(2)34(38)45-23-7-6-22-44-31-14-10-29(11-15-31)36(40)47-33-18-16-32(17-19-33)46-35(39)28-8-12-30(13-9-28)43-21-5-4-20-41-24-37(3)25-42-26-37/h8-19H,1,4-7,20-26H2,2-3H3. The van der Waals surface area contributed by atoms with E-state index in [9.17, 15) is 14.4 Å². The molecular weight excluding hydrogens is 604 g/mol. The van der Waals surface area contributed by atoms with Gasteiger partial charge in [-0.25, -0.2) is 14.4 Å². The molecule has 1 aliphatic rings. The minimum Gasteiger partial charge on any atom is -0.494 e. The third-order valence-electron chi connectivity index (χ3n) is 7.12. The van der Waals surface area contributed by atoms with Gasteiger partial charge in [-0.15, -0.1) is 0 Å². The Balaban J connectivity index is 1.11. The molecule has 47 heavy (non-hydrogen) atoms. The number of ether oxygens (including phenoxy) is 7. The van der Waals surface area contributed by atoms with E-state index in [1.807, 2.05) is 0 Å². The van der Waals surface area contributed by atoms with Crippen LogP contribution in [-0.2, 0) is 19.0 Å². The van der Waals surface area contributed by atoms with Crippen LogP contribution in [0.5, 0.6) is 23.0 Å². The first-order chi connectivity index (χ1) is 22.7. The van der Waals surface area contributed by atoms with Crippen molar-refractivity contribution in [2.24, 2.45) is 5.41 Å². The molecule has 0 bridgehead atoms. The van der Waals surface area contributed by atoms with Gasteiger partial charge in [-0.05, 0) is 105 Å². The van der Waals surface area contributed by atoms with Gasteiger partial charge in [-0.2, -0.15) is 0 Å². The Morgan fingerprint density at radius 2 is 1.09 bits per heavy atom. The van der Waals surface area contributed by atoms with Crippen LogP contribution in [0.25, 0.3) is 0 Å². The summed E-state index contributed by atoms with van der Waals surface area (Å²) in [6.45, 7) is 11.6. The third kappa shape index (κ3) is 11.9. The van der Waals surface area contributed by atoms with Crippen LogP contribution in [0.2, 0.25) is 0 Å². The summed E-state index contributed by atoms with van der Waals surface area (Å²) in [5.41, 5.74) is 1.27. The first-order valence-corrected chi connectivity index (χ1v) is 15.7. The molecule has 0 spiro atoms. The molecule has 3 aromatic carbocycles. The molecule has 250 valence electrons. The molecule has 0 atom stereocenters. The van der Waals surface area contributed by atoms with Gasteiger partial charge in [0.2, 0.25) is 0 Å². The molecule has 0 amide bonds. The minimum atomic E-state index is -0.537. The summed E-state index contributed by atoms with van der Waals surface area (Å²) in [5.74, 6) is 0.444. The molecule has 0 saturated carbocycles. The molecule has 1 aliphatic heterocycles. The summed E-state index contributed by atoms with van der Waals surface area (Å²) in [6.07, 6.45) is 3.14. The lowest BCUT2D eigenvalue weighted by Gasteiger charge is -2.37. The second-order valence-corrected chi connectivity index (χ2v) is 11.7. The van der Waals surface area contributed by atoms with Crippen molar-refractivity contribution in [3.8, 4) is 23.0 Å². The van der Waals surface area contributed by atoms with Crippen molar-refractivity contribution in [2.75, 3.05) is 46.2 Å². The zero-order valence-electron chi connectivity index (χ0n) is 27.0. The summed E-state index contributed by atoms with van der Waals surface area (Å²) < 4.78 is 38.4. The molecule has 1 fully saturated rings. The Morgan fingerprint density at radius 1 is 0.660 bits per heavy atom. The fourth-order valence-corrected chi connectivity index (χ4v) is 4.31. The number of hydrogen-bond donors (Lipinski definition) is 0. The molecule has 3 aromatic rings. The Kier molecular flexibility index (Phi) is 13.4. The Hall–Kier alpha value is -4.67. The SMILES string of the molecule is C=C(C)C(=O)OCCCCOc1ccc(C(=O)Oc2ccc(OC(=O)c3ccc(OCCCCOCC4(C)COC4)cc3)cc2)cc1. The van der Waals surface area contributed by atoms with E-state index in [1.165, 1.54) is 0 Å². The molecule has 1 saturated heterocycles. The molecule has 0 unspecified atom stereocenters. The van der Waals surface area contributed by atoms with Gasteiger partial charge in [0.1, 0.15) is 23.0 Å². The Morgan fingerprint density at radius 3 is 1.51 bits per heavy atom. The molecule has 0 aliphatic carbocycles. The Labute approximate surface area is 275 Å². The average Bonchev–Trinajstić information content (AvgIpc) is 3.06. The number of carbonyl (C=O) groups is 3. The fraction of sp³-hybridized carbons (Fsp3) is 0.378. The first-order valence-electron chi connectivity index (χ1n) is 15.7. The lowest BCUT2D eigenvalue weighted by atomic mass is 9.90. The van der Waals surface area contributed by atoms with Crippen LogP contribution in [0.15, 0.2) is 84.9 Å². The van der Waals surface area contributed by atoms with E-state index in [2.05, 4.69) is 13.5 Å². The van der Waals surface area contributed by atoms with Crippen molar-refractivity contribution in [2.45, 2.75) is 39.5 Å². The second-order valence-electron chi connectivity index (χ2n) is 11.7.